The highest BCUT2D eigenvalue weighted by Gasteiger charge is 2.51. The maximum Gasteiger partial charge on any atom is 0.160 e. The van der Waals surface area contributed by atoms with E-state index in [-0.39, 0.29) is 0 Å². The molecule has 1 aliphatic carbocycles. The van der Waals surface area contributed by atoms with Gasteiger partial charge in [0.25, 0.3) is 0 Å². The first-order valence-electron chi connectivity index (χ1n) is 19.3. The highest BCUT2D eigenvalue weighted by atomic mass is 32.1. The van der Waals surface area contributed by atoms with Gasteiger partial charge in [-0.25, -0.2) is 9.97 Å². The van der Waals surface area contributed by atoms with Crippen LogP contribution in [0.4, 0.5) is 0 Å². The first-order valence-corrected chi connectivity index (χ1v) is 20.1. The lowest BCUT2D eigenvalue weighted by molar-refractivity contribution is 0.436. The molecule has 0 atom stereocenters. The summed E-state index contributed by atoms with van der Waals surface area (Å²) in [5.74, 6) is 2.52. The van der Waals surface area contributed by atoms with Crippen molar-refractivity contribution in [3.05, 3.63) is 216 Å². The van der Waals surface area contributed by atoms with E-state index in [2.05, 4.69) is 188 Å². The Morgan fingerprint density at radius 2 is 0.965 bits per heavy atom. The van der Waals surface area contributed by atoms with Gasteiger partial charge >= 0.3 is 0 Å². The van der Waals surface area contributed by atoms with E-state index in [4.69, 9.17) is 14.7 Å². The van der Waals surface area contributed by atoms with Crippen LogP contribution in [-0.2, 0) is 5.41 Å². The van der Waals surface area contributed by atoms with Crippen LogP contribution >= 0.6 is 11.3 Å². The van der Waals surface area contributed by atoms with Crippen LogP contribution in [0.2, 0.25) is 0 Å². The summed E-state index contributed by atoms with van der Waals surface area (Å²) in [5.41, 5.74) is 15.5. The Bertz CT molecular complexity index is 3170. The SMILES string of the molecule is c1ccc(-c2ccc(-c3nc(-c4ccccc4-c4ccc5c(c4)-c4ccccc4C54c5ccccc5Oc5ccccc54)c4sc5ccccc5c4n3)cc2)cc1. The standard InChI is InChI=1S/C53H32N2OS/c1-2-14-33(15-3-1)34-26-28-35(29-27-34)52-54-49(51-50(55-52)40-19-7-13-25-48(40)57-51)39-18-5-4-16-37(39)36-30-31-43-41(32-36)38-17-6-8-20-42(38)53(43)44-21-9-11-23-46(44)56-47-24-12-10-22-45(47)53/h1-32H. The van der Waals surface area contributed by atoms with E-state index >= 15 is 0 Å². The molecule has 3 nitrogen and oxygen atoms in total. The van der Waals surface area contributed by atoms with Crippen LogP contribution in [0.5, 0.6) is 11.5 Å². The number of hydrogen-bond acceptors (Lipinski definition) is 4. The van der Waals surface area contributed by atoms with Gasteiger partial charge < -0.3 is 4.74 Å². The molecular weight excluding hydrogens is 713 g/mol. The molecule has 0 saturated carbocycles. The van der Waals surface area contributed by atoms with E-state index in [1.165, 1.54) is 49.2 Å². The molecule has 0 saturated heterocycles. The number of thiophene rings is 1. The number of hydrogen-bond donors (Lipinski definition) is 0. The van der Waals surface area contributed by atoms with Gasteiger partial charge in [0.15, 0.2) is 5.82 Å². The van der Waals surface area contributed by atoms with E-state index < -0.39 is 5.41 Å². The van der Waals surface area contributed by atoms with Crippen molar-refractivity contribution in [3.8, 4) is 67.5 Å². The fourth-order valence-electron chi connectivity index (χ4n) is 9.31. The second kappa shape index (κ2) is 12.4. The van der Waals surface area contributed by atoms with Crippen molar-refractivity contribution in [2.45, 2.75) is 5.41 Å². The maximum absolute atomic E-state index is 6.57. The second-order valence-corrected chi connectivity index (χ2v) is 15.9. The number of rotatable bonds is 4. The first-order chi connectivity index (χ1) is 28.3. The van der Waals surface area contributed by atoms with E-state index in [1.807, 2.05) is 6.07 Å². The third-order valence-electron chi connectivity index (χ3n) is 11.8. The Morgan fingerprint density at radius 3 is 1.74 bits per heavy atom. The van der Waals surface area contributed by atoms with Gasteiger partial charge in [0.05, 0.1) is 21.3 Å². The number of aromatic nitrogens is 2. The number of benzene rings is 8. The minimum Gasteiger partial charge on any atom is -0.457 e. The van der Waals surface area contributed by atoms with Crippen LogP contribution in [-0.4, -0.2) is 9.97 Å². The Labute approximate surface area is 334 Å². The third-order valence-corrected chi connectivity index (χ3v) is 13.0. The van der Waals surface area contributed by atoms with Gasteiger partial charge in [-0.15, -0.1) is 11.3 Å². The quantitative estimate of drug-likeness (QED) is 0.180. The van der Waals surface area contributed by atoms with Crippen molar-refractivity contribution >= 4 is 31.6 Å². The molecule has 0 unspecified atom stereocenters. The van der Waals surface area contributed by atoms with Gasteiger partial charge in [0.2, 0.25) is 0 Å². The molecule has 0 fully saturated rings. The van der Waals surface area contributed by atoms with Gasteiger partial charge in [-0.1, -0.05) is 170 Å². The monoisotopic (exact) mass is 744 g/mol. The molecule has 4 heteroatoms. The maximum atomic E-state index is 6.57. The topological polar surface area (TPSA) is 35.0 Å². The second-order valence-electron chi connectivity index (χ2n) is 14.8. The van der Waals surface area contributed by atoms with Crippen molar-refractivity contribution in [2.75, 3.05) is 0 Å². The minimum absolute atomic E-state index is 0.504. The van der Waals surface area contributed by atoms with Crippen molar-refractivity contribution in [1.82, 2.24) is 9.97 Å². The van der Waals surface area contributed by atoms with E-state index in [1.54, 1.807) is 11.3 Å². The zero-order valence-electron chi connectivity index (χ0n) is 30.7. The number of para-hydroxylation sites is 2. The zero-order chi connectivity index (χ0) is 37.5. The van der Waals surface area contributed by atoms with Gasteiger partial charge in [-0.2, -0.15) is 0 Å². The summed E-state index contributed by atoms with van der Waals surface area (Å²) in [7, 11) is 0. The Morgan fingerprint density at radius 1 is 0.404 bits per heavy atom. The van der Waals surface area contributed by atoms with Gasteiger partial charge in [-0.3, -0.25) is 0 Å². The normalized spacial score (nSPS) is 13.2. The average Bonchev–Trinajstić information content (AvgIpc) is 3.80. The average molecular weight is 745 g/mol. The van der Waals surface area contributed by atoms with Crippen LogP contribution in [0.25, 0.3) is 76.3 Å². The molecule has 12 rings (SSSR count). The summed E-state index contributed by atoms with van der Waals surface area (Å²) in [6.07, 6.45) is 0. The molecule has 0 N–H and O–H groups in total. The van der Waals surface area contributed by atoms with E-state index in [0.29, 0.717) is 0 Å². The van der Waals surface area contributed by atoms with Crippen molar-refractivity contribution in [1.29, 1.82) is 0 Å². The first kappa shape index (κ1) is 32.1. The predicted molar refractivity (Wildman–Crippen MR) is 234 cm³/mol. The van der Waals surface area contributed by atoms with Crippen LogP contribution in [0.1, 0.15) is 22.3 Å². The van der Waals surface area contributed by atoms with E-state index in [0.717, 1.165) is 60.9 Å². The molecule has 1 aliphatic heterocycles. The summed E-state index contributed by atoms with van der Waals surface area (Å²) in [6, 6.07) is 69.4. The van der Waals surface area contributed by atoms with Gasteiger partial charge in [0.1, 0.15) is 11.5 Å². The van der Waals surface area contributed by atoms with Gasteiger partial charge in [-0.05, 0) is 68.8 Å². The minimum atomic E-state index is -0.504. The molecule has 0 amide bonds. The molecule has 2 aliphatic rings. The zero-order valence-corrected chi connectivity index (χ0v) is 31.5. The fourth-order valence-corrected chi connectivity index (χ4v) is 10.5. The van der Waals surface area contributed by atoms with Crippen LogP contribution in [0, 0.1) is 0 Å². The number of fused-ring (bicyclic) bond motifs is 12. The van der Waals surface area contributed by atoms with Crippen molar-refractivity contribution in [3.63, 3.8) is 0 Å². The predicted octanol–water partition coefficient (Wildman–Crippen LogP) is 14.0. The lowest BCUT2D eigenvalue weighted by Crippen LogP contribution is -2.32. The number of ether oxygens (including phenoxy) is 1. The molecule has 266 valence electrons. The smallest absolute Gasteiger partial charge is 0.160 e. The van der Waals surface area contributed by atoms with E-state index in [9.17, 15) is 0 Å². The molecule has 57 heavy (non-hydrogen) atoms. The highest BCUT2D eigenvalue weighted by molar-refractivity contribution is 7.26. The Kier molecular flexibility index (Phi) is 7.01. The molecular formula is C53H32N2OS. The lowest BCUT2D eigenvalue weighted by atomic mass is 9.66. The summed E-state index contributed by atoms with van der Waals surface area (Å²) >= 11 is 1.77. The third kappa shape index (κ3) is 4.71. The summed E-state index contributed by atoms with van der Waals surface area (Å²) in [5, 5.41) is 1.15. The summed E-state index contributed by atoms with van der Waals surface area (Å²) < 4.78 is 8.86. The van der Waals surface area contributed by atoms with Gasteiger partial charge in [0, 0.05) is 32.3 Å². The molecule has 0 radical (unpaired) electrons. The fraction of sp³-hybridized carbons (Fsp3) is 0.0189. The lowest BCUT2D eigenvalue weighted by Gasteiger charge is -2.39. The van der Waals surface area contributed by atoms with Crippen molar-refractivity contribution in [2.24, 2.45) is 0 Å². The van der Waals surface area contributed by atoms with Crippen LogP contribution < -0.4 is 4.74 Å². The largest absolute Gasteiger partial charge is 0.457 e. The molecule has 3 heterocycles. The van der Waals surface area contributed by atoms with Crippen LogP contribution in [0.15, 0.2) is 194 Å². The number of nitrogens with zero attached hydrogens (tertiary/aromatic N) is 2. The highest BCUT2D eigenvalue weighted by Crippen LogP contribution is 2.62. The Balaban J connectivity index is 1.06. The summed E-state index contributed by atoms with van der Waals surface area (Å²) in [6.45, 7) is 0. The molecule has 10 aromatic rings. The summed E-state index contributed by atoms with van der Waals surface area (Å²) in [4.78, 5) is 10.7. The molecule has 0 bridgehead atoms. The Hall–Kier alpha value is -7.14. The van der Waals surface area contributed by atoms with Crippen LogP contribution in [0.3, 0.4) is 0 Å². The molecule has 1 spiro atoms. The molecule has 8 aromatic carbocycles. The van der Waals surface area contributed by atoms with Crippen molar-refractivity contribution < 1.29 is 4.74 Å². The molecule has 2 aromatic heterocycles.